The third-order valence-corrected chi connectivity index (χ3v) is 4.47. The topological polar surface area (TPSA) is 59.8 Å². The fourth-order valence-corrected chi connectivity index (χ4v) is 2.79. The van der Waals surface area contributed by atoms with E-state index >= 15 is 0 Å². The van der Waals surface area contributed by atoms with Crippen molar-refractivity contribution in [1.82, 2.24) is 15.2 Å². The van der Waals surface area contributed by atoms with Crippen LogP contribution < -0.4 is 20.1 Å². The van der Waals surface area contributed by atoms with E-state index in [0.29, 0.717) is 6.54 Å². The van der Waals surface area contributed by atoms with Gasteiger partial charge >= 0.3 is 0 Å². The summed E-state index contributed by atoms with van der Waals surface area (Å²) in [6.07, 6.45) is 4.12. The number of nitrogens with zero attached hydrogens (tertiary/aromatic N) is 2. The summed E-state index contributed by atoms with van der Waals surface area (Å²) in [5.74, 6) is 2.31. The monoisotopic (exact) mass is 500 g/mol. The second-order valence-corrected chi connectivity index (χ2v) is 7.00. The van der Waals surface area contributed by atoms with E-state index in [1.54, 1.807) is 14.2 Å². The van der Waals surface area contributed by atoms with Gasteiger partial charge in [0.1, 0.15) is 0 Å². The van der Waals surface area contributed by atoms with Crippen LogP contribution in [0.4, 0.5) is 0 Å². The molecule has 1 aromatic heterocycles. The van der Waals surface area contributed by atoms with Crippen molar-refractivity contribution < 1.29 is 9.47 Å². The van der Waals surface area contributed by atoms with Crippen LogP contribution in [0.5, 0.6) is 11.5 Å². The highest BCUT2D eigenvalue weighted by atomic mass is 127. The van der Waals surface area contributed by atoms with Crippen LogP contribution in [0.25, 0.3) is 0 Å². The van der Waals surface area contributed by atoms with Crippen molar-refractivity contribution in [2.75, 3.05) is 33.9 Å². The molecule has 0 aliphatic heterocycles. The van der Waals surface area contributed by atoms with Gasteiger partial charge in [-0.25, -0.2) is 0 Å². The number of halogens is 1. The Morgan fingerprint density at radius 1 is 1.07 bits per heavy atom. The number of nitrogens with one attached hydrogen (secondary N) is 2. The van der Waals surface area contributed by atoms with Crippen molar-refractivity contribution in [3.05, 3.63) is 48.3 Å². The first-order valence-corrected chi connectivity index (χ1v) is 9.35. The minimum atomic E-state index is -0.137. The fourth-order valence-electron chi connectivity index (χ4n) is 2.79. The standard InChI is InChI=1S/C21H32N4O2.HI/c1-6-22-20(23-11-14-25-12-7-8-13-25)24-16-21(2,3)17-9-10-18(26-4)19(15-17)27-5;/h7-10,12-13,15H,6,11,14,16H2,1-5H3,(H2,22,23,24);1H. The van der Waals surface area contributed by atoms with Crippen molar-refractivity contribution in [3.8, 4) is 11.5 Å². The van der Waals surface area contributed by atoms with E-state index in [1.165, 1.54) is 0 Å². The maximum Gasteiger partial charge on any atom is 0.191 e. The molecule has 2 rings (SSSR count). The Balaban J connectivity index is 0.00000392. The predicted molar refractivity (Wildman–Crippen MR) is 126 cm³/mol. The molecule has 0 radical (unpaired) electrons. The van der Waals surface area contributed by atoms with Gasteiger partial charge in [0.2, 0.25) is 0 Å². The Kier molecular flexibility index (Phi) is 10.2. The van der Waals surface area contributed by atoms with Crippen LogP contribution in [-0.2, 0) is 12.0 Å². The third kappa shape index (κ3) is 6.92. The summed E-state index contributed by atoms with van der Waals surface area (Å²) in [6, 6.07) is 10.1. The first-order valence-electron chi connectivity index (χ1n) is 9.35. The fraction of sp³-hybridized carbons (Fsp3) is 0.476. The van der Waals surface area contributed by atoms with Crippen molar-refractivity contribution in [2.24, 2.45) is 4.99 Å². The molecule has 156 valence electrons. The Morgan fingerprint density at radius 3 is 2.36 bits per heavy atom. The molecule has 0 amide bonds. The Labute approximate surface area is 185 Å². The molecular formula is C21H33IN4O2. The number of ether oxygens (including phenoxy) is 2. The molecule has 0 fully saturated rings. The van der Waals surface area contributed by atoms with Crippen molar-refractivity contribution in [3.63, 3.8) is 0 Å². The summed E-state index contributed by atoms with van der Waals surface area (Å²) >= 11 is 0. The molecule has 1 heterocycles. The van der Waals surface area contributed by atoms with Crippen LogP contribution in [0.2, 0.25) is 0 Å². The zero-order chi connectivity index (χ0) is 19.7. The largest absolute Gasteiger partial charge is 0.493 e. The molecule has 28 heavy (non-hydrogen) atoms. The average Bonchev–Trinajstić information content (AvgIpc) is 3.19. The lowest BCUT2D eigenvalue weighted by molar-refractivity contribution is 0.353. The second-order valence-electron chi connectivity index (χ2n) is 7.00. The number of guanidine groups is 1. The van der Waals surface area contributed by atoms with Gasteiger partial charge in [0, 0.05) is 37.4 Å². The lowest BCUT2D eigenvalue weighted by Crippen LogP contribution is -2.39. The van der Waals surface area contributed by atoms with E-state index in [4.69, 9.17) is 14.5 Å². The van der Waals surface area contributed by atoms with Crippen LogP contribution in [0.1, 0.15) is 26.3 Å². The Morgan fingerprint density at radius 2 is 1.75 bits per heavy atom. The van der Waals surface area contributed by atoms with Crippen LogP contribution in [0.15, 0.2) is 47.7 Å². The molecule has 0 aliphatic carbocycles. The molecule has 0 saturated heterocycles. The number of rotatable bonds is 9. The van der Waals surface area contributed by atoms with Crippen molar-refractivity contribution >= 4 is 29.9 Å². The average molecular weight is 500 g/mol. The summed E-state index contributed by atoms with van der Waals surface area (Å²) in [6.45, 7) is 9.63. The quantitative estimate of drug-likeness (QED) is 0.314. The lowest BCUT2D eigenvalue weighted by atomic mass is 9.84. The van der Waals surface area contributed by atoms with E-state index in [1.807, 2.05) is 24.3 Å². The number of hydrogen-bond donors (Lipinski definition) is 2. The summed E-state index contributed by atoms with van der Waals surface area (Å²) in [7, 11) is 3.31. The third-order valence-electron chi connectivity index (χ3n) is 4.47. The molecule has 6 nitrogen and oxygen atoms in total. The molecule has 2 aromatic rings. The zero-order valence-electron chi connectivity index (χ0n) is 17.5. The molecule has 0 atom stereocenters. The molecule has 1 aromatic carbocycles. The maximum atomic E-state index is 5.44. The van der Waals surface area contributed by atoms with Gasteiger partial charge in [-0.3, -0.25) is 4.99 Å². The van der Waals surface area contributed by atoms with E-state index in [9.17, 15) is 0 Å². The molecule has 0 saturated carbocycles. The normalized spacial score (nSPS) is 11.5. The zero-order valence-corrected chi connectivity index (χ0v) is 19.8. The molecule has 7 heteroatoms. The van der Waals surface area contributed by atoms with Gasteiger partial charge in [0.15, 0.2) is 17.5 Å². The summed E-state index contributed by atoms with van der Waals surface area (Å²) in [5, 5.41) is 6.71. The maximum absolute atomic E-state index is 5.44. The predicted octanol–water partition coefficient (Wildman–Crippen LogP) is 3.66. The molecule has 0 unspecified atom stereocenters. The molecule has 0 bridgehead atoms. The highest BCUT2D eigenvalue weighted by Gasteiger charge is 2.22. The van der Waals surface area contributed by atoms with Crippen LogP contribution in [0.3, 0.4) is 0 Å². The molecule has 2 N–H and O–H groups in total. The minimum Gasteiger partial charge on any atom is -0.493 e. The lowest BCUT2D eigenvalue weighted by Gasteiger charge is -2.25. The van der Waals surface area contributed by atoms with Gasteiger partial charge in [-0.05, 0) is 36.8 Å². The van der Waals surface area contributed by atoms with Gasteiger partial charge in [-0.2, -0.15) is 0 Å². The molecular weight excluding hydrogens is 467 g/mol. The van der Waals surface area contributed by atoms with Crippen molar-refractivity contribution in [1.29, 1.82) is 0 Å². The summed E-state index contributed by atoms with van der Waals surface area (Å²) < 4.78 is 12.9. The Bertz CT molecular complexity index is 730. The van der Waals surface area contributed by atoms with Gasteiger partial charge in [0.05, 0.1) is 20.8 Å². The minimum absolute atomic E-state index is 0. The highest BCUT2D eigenvalue weighted by molar-refractivity contribution is 14.0. The number of hydrogen-bond acceptors (Lipinski definition) is 3. The number of methoxy groups -OCH3 is 2. The number of benzene rings is 1. The van der Waals surface area contributed by atoms with Gasteiger partial charge in [-0.1, -0.05) is 19.9 Å². The van der Waals surface area contributed by atoms with Gasteiger partial charge in [-0.15, -0.1) is 24.0 Å². The first-order chi connectivity index (χ1) is 13.0. The summed E-state index contributed by atoms with van der Waals surface area (Å²) in [4.78, 5) is 4.79. The SMILES string of the molecule is CCNC(=NCC(C)(C)c1ccc(OC)c(OC)c1)NCCn1cccc1.I. The molecule has 0 spiro atoms. The smallest absolute Gasteiger partial charge is 0.191 e. The van der Waals surface area contributed by atoms with Crippen LogP contribution in [0, 0.1) is 0 Å². The van der Waals surface area contributed by atoms with E-state index in [2.05, 4.69) is 54.4 Å². The van der Waals surface area contributed by atoms with E-state index < -0.39 is 0 Å². The second kappa shape index (κ2) is 11.8. The Hall–Kier alpha value is -1.90. The van der Waals surface area contributed by atoms with Crippen LogP contribution >= 0.6 is 24.0 Å². The van der Waals surface area contributed by atoms with Crippen LogP contribution in [-0.4, -0.2) is 44.4 Å². The van der Waals surface area contributed by atoms with Crippen molar-refractivity contribution in [2.45, 2.75) is 32.7 Å². The number of aliphatic imine (C=N–C) groups is 1. The summed E-state index contributed by atoms with van der Waals surface area (Å²) in [5.41, 5.74) is 1.02. The van der Waals surface area contributed by atoms with E-state index in [-0.39, 0.29) is 29.4 Å². The highest BCUT2D eigenvalue weighted by Crippen LogP contribution is 2.33. The number of aromatic nitrogens is 1. The molecule has 0 aliphatic rings. The van der Waals surface area contributed by atoms with Gasteiger partial charge in [0.25, 0.3) is 0 Å². The van der Waals surface area contributed by atoms with Gasteiger partial charge < -0.3 is 24.7 Å². The first kappa shape index (κ1) is 24.1. The van der Waals surface area contributed by atoms with E-state index in [0.717, 1.165) is 42.7 Å².